The number of ether oxygens (including phenoxy) is 1. The molecule has 1 unspecified atom stereocenters. The van der Waals surface area contributed by atoms with Gasteiger partial charge in [-0.1, -0.05) is 19.1 Å². The Morgan fingerprint density at radius 2 is 1.88 bits per heavy atom. The van der Waals surface area contributed by atoms with Gasteiger partial charge in [0.25, 0.3) is 0 Å². The van der Waals surface area contributed by atoms with Crippen LogP contribution in [0.25, 0.3) is 0 Å². The Labute approximate surface area is 106 Å². The van der Waals surface area contributed by atoms with Gasteiger partial charge >= 0.3 is 0 Å². The summed E-state index contributed by atoms with van der Waals surface area (Å²) in [6.07, 6.45) is 5.50. The minimum Gasteiger partial charge on any atom is -0.496 e. The van der Waals surface area contributed by atoms with Crippen molar-refractivity contribution in [1.29, 1.82) is 0 Å². The molecule has 0 aromatic heterocycles. The Bertz CT molecular complexity index is 416. The zero-order valence-corrected chi connectivity index (χ0v) is 11.9. The zero-order chi connectivity index (χ0) is 13.0. The van der Waals surface area contributed by atoms with Crippen LogP contribution in [0.2, 0.25) is 0 Å². The molecule has 1 heteroatoms. The van der Waals surface area contributed by atoms with Crippen molar-refractivity contribution in [1.82, 2.24) is 0 Å². The van der Waals surface area contributed by atoms with Crippen LogP contribution < -0.4 is 4.74 Å². The quantitative estimate of drug-likeness (QED) is 0.700. The number of aryl methyl sites for hydroxylation is 1. The van der Waals surface area contributed by atoms with E-state index < -0.39 is 0 Å². The molecule has 0 heterocycles. The maximum atomic E-state index is 5.40. The van der Waals surface area contributed by atoms with Crippen LogP contribution in [0.5, 0.6) is 5.75 Å². The molecule has 0 fully saturated rings. The van der Waals surface area contributed by atoms with Crippen molar-refractivity contribution in [2.75, 3.05) is 7.11 Å². The van der Waals surface area contributed by atoms with Crippen molar-refractivity contribution in [3.05, 3.63) is 40.5 Å². The summed E-state index contributed by atoms with van der Waals surface area (Å²) in [7, 11) is 1.74. The lowest BCUT2D eigenvalue weighted by molar-refractivity contribution is 0.410. The molecule has 0 aliphatic rings. The fourth-order valence-corrected chi connectivity index (χ4v) is 2.34. The van der Waals surface area contributed by atoms with E-state index >= 15 is 0 Å². The van der Waals surface area contributed by atoms with Crippen molar-refractivity contribution in [2.45, 2.75) is 41.0 Å². The number of methoxy groups -OCH3 is 1. The molecule has 0 amide bonds. The number of benzene rings is 1. The molecule has 1 rings (SSSR count). The van der Waals surface area contributed by atoms with E-state index in [0.717, 1.165) is 12.2 Å². The van der Waals surface area contributed by atoms with Crippen LogP contribution in [0, 0.1) is 26.7 Å². The predicted octanol–water partition coefficient (Wildman–Crippen LogP) is 4.38. The number of allylic oxidation sites excluding steroid dienone is 2. The van der Waals surface area contributed by atoms with Gasteiger partial charge in [0.05, 0.1) is 7.11 Å². The van der Waals surface area contributed by atoms with Gasteiger partial charge in [0.15, 0.2) is 0 Å². The van der Waals surface area contributed by atoms with Crippen LogP contribution >= 0.6 is 0 Å². The SMILES string of the molecule is C/C=C\C(C)Cc1c(C)cc(OC)c(C)c1C. The van der Waals surface area contributed by atoms with Crippen LogP contribution in [0.3, 0.4) is 0 Å². The highest BCUT2D eigenvalue weighted by Gasteiger charge is 2.12. The Hall–Kier alpha value is -1.24. The first-order valence-electron chi connectivity index (χ1n) is 6.27. The maximum Gasteiger partial charge on any atom is 0.122 e. The molecule has 0 N–H and O–H groups in total. The smallest absolute Gasteiger partial charge is 0.122 e. The molecule has 0 saturated carbocycles. The summed E-state index contributed by atoms with van der Waals surface area (Å²) in [4.78, 5) is 0. The van der Waals surface area contributed by atoms with Gasteiger partial charge in [-0.25, -0.2) is 0 Å². The number of hydrogen-bond acceptors (Lipinski definition) is 1. The van der Waals surface area contributed by atoms with Crippen LogP contribution in [-0.4, -0.2) is 7.11 Å². The first kappa shape index (κ1) is 13.8. The summed E-state index contributed by atoms with van der Waals surface area (Å²) in [5.41, 5.74) is 5.44. The zero-order valence-electron chi connectivity index (χ0n) is 11.9. The van der Waals surface area contributed by atoms with Crippen LogP contribution in [-0.2, 0) is 6.42 Å². The first-order chi connectivity index (χ1) is 8.01. The molecule has 0 aliphatic heterocycles. The van der Waals surface area contributed by atoms with E-state index in [0.29, 0.717) is 5.92 Å². The summed E-state index contributed by atoms with van der Waals surface area (Å²) in [5.74, 6) is 1.59. The molecule has 17 heavy (non-hydrogen) atoms. The summed E-state index contributed by atoms with van der Waals surface area (Å²) in [6, 6.07) is 2.15. The highest BCUT2D eigenvalue weighted by Crippen LogP contribution is 2.29. The highest BCUT2D eigenvalue weighted by atomic mass is 16.5. The summed E-state index contributed by atoms with van der Waals surface area (Å²) in [6.45, 7) is 10.8. The molecule has 0 saturated heterocycles. The van der Waals surface area contributed by atoms with E-state index in [1.807, 2.05) is 0 Å². The second-order valence-electron chi connectivity index (χ2n) is 4.83. The van der Waals surface area contributed by atoms with E-state index in [1.54, 1.807) is 7.11 Å². The van der Waals surface area contributed by atoms with Gasteiger partial charge in [-0.2, -0.15) is 0 Å². The van der Waals surface area contributed by atoms with Gasteiger partial charge in [0.2, 0.25) is 0 Å². The van der Waals surface area contributed by atoms with Gasteiger partial charge in [0.1, 0.15) is 5.75 Å². The fourth-order valence-electron chi connectivity index (χ4n) is 2.34. The first-order valence-corrected chi connectivity index (χ1v) is 6.27. The van der Waals surface area contributed by atoms with Gasteiger partial charge < -0.3 is 4.74 Å². The minimum absolute atomic E-state index is 0.588. The van der Waals surface area contributed by atoms with Crippen molar-refractivity contribution in [2.24, 2.45) is 5.92 Å². The van der Waals surface area contributed by atoms with Crippen molar-refractivity contribution < 1.29 is 4.74 Å². The van der Waals surface area contributed by atoms with E-state index in [-0.39, 0.29) is 0 Å². The lowest BCUT2D eigenvalue weighted by atomic mass is 9.90. The topological polar surface area (TPSA) is 9.23 Å². The van der Waals surface area contributed by atoms with Gasteiger partial charge in [0, 0.05) is 0 Å². The molecule has 1 nitrogen and oxygen atoms in total. The average Bonchev–Trinajstić information content (AvgIpc) is 2.29. The van der Waals surface area contributed by atoms with Gasteiger partial charge in [-0.3, -0.25) is 0 Å². The molecule has 1 aromatic rings. The van der Waals surface area contributed by atoms with E-state index in [1.165, 1.54) is 22.3 Å². The standard InChI is InChI=1S/C16H24O/c1-7-8-11(2)9-15-12(3)10-16(17-6)14(5)13(15)4/h7-8,10-11H,9H2,1-6H3/b8-7-. The van der Waals surface area contributed by atoms with E-state index in [2.05, 4.69) is 52.8 Å². The molecule has 0 bridgehead atoms. The third-order valence-corrected chi connectivity index (χ3v) is 3.48. The van der Waals surface area contributed by atoms with Crippen LogP contribution in [0.1, 0.15) is 36.1 Å². The fraction of sp³-hybridized carbons (Fsp3) is 0.500. The monoisotopic (exact) mass is 232 g/mol. The van der Waals surface area contributed by atoms with Crippen molar-refractivity contribution in [3.63, 3.8) is 0 Å². The van der Waals surface area contributed by atoms with Gasteiger partial charge in [-0.05, 0) is 68.4 Å². The lowest BCUT2D eigenvalue weighted by Crippen LogP contribution is -2.04. The summed E-state index contributed by atoms with van der Waals surface area (Å²) < 4.78 is 5.40. The third-order valence-electron chi connectivity index (χ3n) is 3.48. The Morgan fingerprint density at radius 3 is 2.41 bits per heavy atom. The molecule has 0 radical (unpaired) electrons. The maximum absolute atomic E-state index is 5.40. The van der Waals surface area contributed by atoms with E-state index in [4.69, 9.17) is 4.74 Å². The second kappa shape index (κ2) is 5.90. The Kier molecular flexibility index (Phi) is 4.80. The predicted molar refractivity (Wildman–Crippen MR) is 74.9 cm³/mol. The Balaban J connectivity index is 3.12. The number of hydrogen-bond donors (Lipinski definition) is 0. The number of rotatable bonds is 4. The summed E-state index contributed by atoms with van der Waals surface area (Å²) >= 11 is 0. The molecule has 0 aliphatic carbocycles. The largest absolute Gasteiger partial charge is 0.496 e. The molecular weight excluding hydrogens is 208 g/mol. The average molecular weight is 232 g/mol. The van der Waals surface area contributed by atoms with Gasteiger partial charge in [-0.15, -0.1) is 0 Å². The molecule has 0 spiro atoms. The van der Waals surface area contributed by atoms with Crippen molar-refractivity contribution >= 4 is 0 Å². The van der Waals surface area contributed by atoms with Crippen LogP contribution in [0.4, 0.5) is 0 Å². The third kappa shape index (κ3) is 3.12. The molecule has 1 aromatic carbocycles. The van der Waals surface area contributed by atoms with Crippen molar-refractivity contribution in [3.8, 4) is 5.75 Å². The lowest BCUT2D eigenvalue weighted by Gasteiger charge is -2.17. The second-order valence-corrected chi connectivity index (χ2v) is 4.83. The highest BCUT2D eigenvalue weighted by molar-refractivity contribution is 5.48. The Morgan fingerprint density at radius 1 is 1.24 bits per heavy atom. The molecule has 94 valence electrons. The minimum atomic E-state index is 0.588. The summed E-state index contributed by atoms with van der Waals surface area (Å²) in [5, 5.41) is 0. The normalized spacial score (nSPS) is 13.1. The van der Waals surface area contributed by atoms with E-state index in [9.17, 15) is 0 Å². The molecule has 1 atom stereocenters. The van der Waals surface area contributed by atoms with Crippen LogP contribution in [0.15, 0.2) is 18.2 Å². The molecular formula is C16H24O.